The van der Waals surface area contributed by atoms with Crippen molar-refractivity contribution in [2.24, 2.45) is 5.92 Å². The number of hydrogen-bond acceptors (Lipinski definition) is 3. The van der Waals surface area contributed by atoms with Gasteiger partial charge in [0.15, 0.2) is 0 Å². The Morgan fingerprint density at radius 2 is 1.87 bits per heavy atom. The van der Waals surface area contributed by atoms with Crippen LogP contribution in [0.3, 0.4) is 0 Å². The maximum absolute atomic E-state index is 12.7. The molecule has 23 heavy (non-hydrogen) atoms. The lowest BCUT2D eigenvalue weighted by Crippen LogP contribution is -2.40. The minimum atomic E-state index is -0.0793. The second kappa shape index (κ2) is 8.75. The molecule has 0 bridgehead atoms. The Hall–Kier alpha value is -1.78. The van der Waals surface area contributed by atoms with Crippen LogP contribution < -0.4 is 5.32 Å². The van der Waals surface area contributed by atoms with Gasteiger partial charge in [0.1, 0.15) is 11.5 Å². The molecule has 0 atom stereocenters. The maximum Gasteiger partial charge on any atom is 0.257 e. The molecule has 1 rings (SSSR count). The van der Waals surface area contributed by atoms with Crippen molar-refractivity contribution in [1.82, 2.24) is 10.2 Å². The fourth-order valence-corrected chi connectivity index (χ4v) is 2.40. The van der Waals surface area contributed by atoms with Gasteiger partial charge in [-0.15, -0.1) is 0 Å². The molecule has 0 aliphatic carbocycles. The average molecular weight is 322 g/mol. The first-order valence-electron chi connectivity index (χ1n) is 8.37. The average Bonchev–Trinajstić information content (AvgIpc) is 2.76. The van der Waals surface area contributed by atoms with Gasteiger partial charge in [0, 0.05) is 25.6 Å². The van der Waals surface area contributed by atoms with Gasteiger partial charge in [0.2, 0.25) is 5.91 Å². The summed E-state index contributed by atoms with van der Waals surface area (Å²) in [6.45, 7) is 12.9. The van der Waals surface area contributed by atoms with Gasteiger partial charge in [0.05, 0.1) is 5.56 Å². The summed E-state index contributed by atoms with van der Waals surface area (Å²) in [6.07, 6.45) is 1.28. The lowest BCUT2D eigenvalue weighted by Gasteiger charge is -2.26. The molecule has 130 valence electrons. The van der Waals surface area contributed by atoms with Gasteiger partial charge in [0.25, 0.3) is 5.91 Å². The van der Waals surface area contributed by atoms with Crippen molar-refractivity contribution >= 4 is 11.8 Å². The highest BCUT2D eigenvalue weighted by atomic mass is 16.3. The highest BCUT2D eigenvalue weighted by molar-refractivity contribution is 5.95. The molecule has 1 aromatic rings. The third-order valence-electron chi connectivity index (χ3n) is 3.78. The Morgan fingerprint density at radius 3 is 2.35 bits per heavy atom. The van der Waals surface area contributed by atoms with Crippen LogP contribution in [0.15, 0.2) is 10.5 Å². The fraction of sp³-hybridized carbons (Fsp3) is 0.667. The van der Waals surface area contributed by atoms with E-state index in [0.717, 1.165) is 12.2 Å². The molecule has 0 unspecified atom stereocenters. The molecule has 0 spiro atoms. The topological polar surface area (TPSA) is 62.6 Å². The molecular weight excluding hydrogens is 292 g/mol. The van der Waals surface area contributed by atoms with Crippen LogP contribution in [0.2, 0.25) is 0 Å². The molecule has 5 heteroatoms. The summed E-state index contributed by atoms with van der Waals surface area (Å²) in [5.74, 6) is 1.82. The quantitative estimate of drug-likeness (QED) is 0.799. The Bertz CT molecular complexity index is 532. The first kappa shape index (κ1) is 19.3. The number of rotatable bonds is 8. The zero-order valence-corrected chi connectivity index (χ0v) is 15.2. The Kier molecular flexibility index (Phi) is 7.33. The van der Waals surface area contributed by atoms with E-state index in [0.29, 0.717) is 36.8 Å². The zero-order chi connectivity index (χ0) is 17.6. The largest absolute Gasteiger partial charge is 0.466 e. The highest BCUT2D eigenvalue weighted by Gasteiger charge is 2.23. The van der Waals surface area contributed by atoms with E-state index >= 15 is 0 Å². The molecule has 0 saturated heterocycles. The second-order valence-corrected chi connectivity index (χ2v) is 6.70. The smallest absolute Gasteiger partial charge is 0.257 e. The lowest BCUT2D eigenvalue weighted by atomic mass is 10.1. The number of carbonyl (C=O) groups is 2. The lowest BCUT2D eigenvalue weighted by molar-refractivity contribution is -0.121. The SMILES string of the molecule is Cc1cc(C(=O)N(CCC(=O)NCCC(C)C)C(C)C)c(C)o1. The van der Waals surface area contributed by atoms with E-state index in [1.54, 1.807) is 17.9 Å². The van der Waals surface area contributed by atoms with Crippen molar-refractivity contribution in [2.45, 2.75) is 60.4 Å². The number of nitrogens with one attached hydrogen (secondary N) is 1. The van der Waals surface area contributed by atoms with Crippen LogP contribution in [0, 0.1) is 19.8 Å². The Balaban J connectivity index is 2.60. The van der Waals surface area contributed by atoms with Crippen LogP contribution in [-0.4, -0.2) is 35.8 Å². The molecule has 2 amide bonds. The van der Waals surface area contributed by atoms with Crippen molar-refractivity contribution in [3.8, 4) is 0 Å². The molecule has 0 aromatic carbocycles. The standard InChI is InChI=1S/C18H30N2O3/c1-12(2)7-9-19-17(21)8-10-20(13(3)4)18(22)16-11-14(5)23-15(16)6/h11-13H,7-10H2,1-6H3,(H,19,21). The summed E-state index contributed by atoms with van der Waals surface area (Å²) in [7, 11) is 0. The Labute approximate surface area is 139 Å². The first-order chi connectivity index (χ1) is 10.7. The predicted octanol–water partition coefficient (Wildman–Crippen LogP) is 3.30. The van der Waals surface area contributed by atoms with E-state index in [-0.39, 0.29) is 17.9 Å². The molecule has 0 aliphatic heterocycles. The van der Waals surface area contributed by atoms with E-state index in [9.17, 15) is 9.59 Å². The van der Waals surface area contributed by atoms with Gasteiger partial charge in [-0.1, -0.05) is 13.8 Å². The highest BCUT2D eigenvalue weighted by Crippen LogP contribution is 2.17. The predicted molar refractivity (Wildman–Crippen MR) is 91.4 cm³/mol. The van der Waals surface area contributed by atoms with Crippen LogP contribution in [0.1, 0.15) is 62.4 Å². The minimum absolute atomic E-state index is 0.0100. The summed E-state index contributed by atoms with van der Waals surface area (Å²) in [6, 6.07) is 1.79. The van der Waals surface area contributed by atoms with Crippen molar-refractivity contribution in [3.05, 3.63) is 23.2 Å². The van der Waals surface area contributed by atoms with E-state index in [2.05, 4.69) is 19.2 Å². The molecule has 5 nitrogen and oxygen atoms in total. The van der Waals surface area contributed by atoms with Crippen LogP contribution in [0.4, 0.5) is 0 Å². The van der Waals surface area contributed by atoms with Gasteiger partial charge in [-0.25, -0.2) is 0 Å². The molecule has 0 radical (unpaired) electrons. The number of aryl methyl sites for hydroxylation is 2. The zero-order valence-electron chi connectivity index (χ0n) is 15.2. The van der Waals surface area contributed by atoms with Crippen LogP contribution in [0.25, 0.3) is 0 Å². The van der Waals surface area contributed by atoms with Gasteiger partial charge >= 0.3 is 0 Å². The summed E-state index contributed by atoms with van der Waals surface area (Å²) in [4.78, 5) is 26.3. The third kappa shape index (κ3) is 6.08. The summed E-state index contributed by atoms with van der Waals surface area (Å²) in [5, 5.41) is 2.91. The monoisotopic (exact) mass is 322 g/mol. The van der Waals surface area contributed by atoms with Crippen LogP contribution in [0.5, 0.6) is 0 Å². The number of nitrogens with zero attached hydrogens (tertiary/aromatic N) is 1. The molecular formula is C18H30N2O3. The van der Waals surface area contributed by atoms with Gasteiger partial charge in [-0.2, -0.15) is 0 Å². The molecule has 0 fully saturated rings. The minimum Gasteiger partial charge on any atom is -0.466 e. The molecule has 1 aromatic heterocycles. The van der Waals surface area contributed by atoms with E-state index in [1.807, 2.05) is 20.8 Å². The van der Waals surface area contributed by atoms with E-state index in [1.165, 1.54) is 0 Å². The number of furan rings is 1. The second-order valence-electron chi connectivity index (χ2n) is 6.70. The molecule has 0 aliphatic rings. The van der Waals surface area contributed by atoms with E-state index < -0.39 is 0 Å². The summed E-state index contributed by atoms with van der Waals surface area (Å²) >= 11 is 0. The maximum atomic E-state index is 12.7. The van der Waals surface area contributed by atoms with Gasteiger partial charge in [-0.3, -0.25) is 9.59 Å². The molecule has 0 saturated carbocycles. The molecule has 1 N–H and O–H groups in total. The fourth-order valence-electron chi connectivity index (χ4n) is 2.40. The van der Waals surface area contributed by atoms with Crippen LogP contribution in [-0.2, 0) is 4.79 Å². The summed E-state index contributed by atoms with van der Waals surface area (Å²) in [5.41, 5.74) is 0.580. The van der Waals surface area contributed by atoms with Crippen molar-refractivity contribution in [1.29, 1.82) is 0 Å². The number of amides is 2. The van der Waals surface area contributed by atoms with Gasteiger partial charge < -0.3 is 14.6 Å². The first-order valence-corrected chi connectivity index (χ1v) is 8.37. The van der Waals surface area contributed by atoms with Crippen molar-refractivity contribution in [3.63, 3.8) is 0 Å². The Morgan fingerprint density at radius 1 is 1.22 bits per heavy atom. The van der Waals surface area contributed by atoms with Gasteiger partial charge in [-0.05, 0) is 46.1 Å². The third-order valence-corrected chi connectivity index (χ3v) is 3.78. The number of carbonyl (C=O) groups excluding carboxylic acids is 2. The van der Waals surface area contributed by atoms with E-state index in [4.69, 9.17) is 4.42 Å². The molecule has 1 heterocycles. The number of hydrogen-bond donors (Lipinski definition) is 1. The summed E-state index contributed by atoms with van der Waals surface area (Å²) < 4.78 is 5.44. The van der Waals surface area contributed by atoms with Crippen molar-refractivity contribution in [2.75, 3.05) is 13.1 Å². The normalized spacial score (nSPS) is 11.1. The van der Waals surface area contributed by atoms with Crippen LogP contribution >= 0.6 is 0 Å². The van der Waals surface area contributed by atoms with Crippen molar-refractivity contribution < 1.29 is 14.0 Å².